The summed E-state index contributed by atoms with van der Waals surface area (Å²) in [6, 6.07) is -1.57. The van der Waals surface area contributed by atoms with Gasteiger partial charge in [0.1, 0.15) is 43.9 Å². The largest absolute Gasteiger partial charge is 0.459 e. The van der Waals surface area contributed by atoms with Crippen LogP contribution in [0, 0.1) is 0 Å². The highest BCUT2D eigenvalue weighted by Gasteiger charge is 2.32. The third-order valence-corrected chi connectivity index (χ3v) is 2.63. The molecule has 0 aliphatic carbocycles. The maximum Gasteiger partial charge on any atom is 0.407 e. The molecule has 0 fully saturated rings. The van der Waals surface area contributed by atoms with Crippen LogP contribution in [0.25, 0.3) is 0 Å². The van der Waals surface area contributed by atoms with E-state index in [1.807, 2.05) is 5.32 Å². The summed E-state index contributed by atoms with van der Waals surface area (Å²) in [6.07, 6.45) is -6.39. The van der Waals surface area contributed by atoms with Gasteiger partial charge in [0.15, 0.2) is 0 Å². The fourth-order valence-electron chi connectivity index (χ4n) is 1.32. The number of nitrogens with one attached hydrogen (secondary N) is 1. The lowest BCUT2D eigenvalue weighted by molar-refractivity contribution is -0.139. The zero-order valence-corrected chi connectivity index (χ0v) is 12.5. The Bertz CT molecular complexity index is 426. The molecule has 0 rings (SSSR count). The number of aldehydes is 1. The van der Waals surface area contributed by atoms with Crippen LogP contribution in [0.5, 0.6) is 0 Å². The molecule has 0 aliphatic heterocycles. The van der Waals surface area contributed by atoms with Gasteiger partial charge in [-0.05, 0) is 6.92 Å². The predicted molar refractivity (Wildman–Crippen MR) is 75.2 cm³/mol. The fourth-order valence-corrected chi connectivity index (χ4v) is 1.32. The Balaban J connectivity index is 4.26. The van der Waals surface area contributed by atoms with E-state index in [9.17, 15) is 29.7 Å². The minimum Gasteiger partial charge on any atom is -0.459 e. The molecule has 0 saturated heterocycles. The average molecular weight is 335 g/mol. The van der Waals surface area contributed by atoms with E-state index >= 15 is 0 Å². The number of carbonyl (C=O) groups excluding carboxylic acids is 3. The van der Waals surface area contributed by atoms with Crippen LogP contribution in [0.2, 0.25) is 0 Å². The van der Waals surface area contributed by atoms with Crippen LogP contribution in [-0.2, 0) is 19.1 Å². The van der Waals surface area contributed by atoms with E-state index < -0.39 is 43.0 Å². The van der Waals surface area contributed by atoms with Crippen molar-refractivity contribution in [3.05, 3.63) is 12.2 Å². The lowest BCUT2D eigenvalue weighted by atomic mass is 10.0. The topological polar surface area (TPSA) is 163 Å². The molecule has 0 heterocycles. The molecule has 132 valence electrons. The number of carbonyl (C=O) groups is 3. The van der Waals surface area contributed by atoms with Crippen LogP contribution in [0.3, 0.4) is 0 Å². The first kappa shape index (κ1) is 21.0. The zero-order valence-electron chi connectivity index (χ0n) is 12.5. The summed E-state index contributed by atoms with van der Waals surface area (Å²) in [5, 5.41) is 38.8. The number of hydrogen-bond donors (Lipinski definition) is 5. The minimum atomic E-state index is -1.86. The maximum absolute atomic E-state index is 11.4. The number of ether oxygens (including phenoxy) is 2. The van der Waals surface area contributed by atoms with Crippen LogP contribution >= 0.6 is 0 Å². The SMILES string of the molecule is C=C(C)C(=O)OCCOC(=O)N[C@@H](C=O)[C@@H](O)[C@H](O)[C@H](O)CO. The van der Waals surface area contributed by atoms with Crippen LogP contribution < -0.4 is 5.32 Å². The van der Waals surface area contributed by atoms with Crippen molar-refractivity contribution in [2.45, 2.75) is 31.3 Å². The molecule has 4 atom stereocenters. The van der Waals surface area contributed by atoms with Crippen molar-refractivity contribution < 1.29 is 44.3 Å². The Morgan fingerprint density at radius 1 is 1.17 bits per heavy atom. The van der Waals surface area contributed by atoms with Gasteiger partial charge in [0.2, 0.25) is 0 Å². The van der Waals surface area contributed by atoms with Crippen LogP contribution in [-0.4, -0.2) is 82.9 Å². The van der Waals surface area contributed by atoms with Gasteiger partial charge in [-0.25, -0.2) is 9.59 Å². The van der Waals surface area contributed by atoms with Gasteiger partial charge in [-0.15, -0.1) is 0 Å². The molecule has 23 heavy (non-hydrogen) atoms. The van der Waals surface area contributed by atoms with Crippen molar-refractivity contribution in [2.75, 3.05) is 19.8 Å². The smallest absolute Gasteiger partial charge is 0.407 e. The summed E-state index contributed by atoms with van der Waals surface area (Å²) in [7, 11) is 0. The van der Waals surface area contributed by atoms with Crippen LogP contribution in [0.15, 0.2) is 12.2 Å². The second-order valence-corrected chi connectivity index (χ2v) is 4.59. The second kappa shape index (κ2) is 10.7. The van der Waals surface area contributed by atoms with Gasteiger partial charge in [-0.1, -0.05) is 6.58 Å². The van der Waals surface area contributed by atoms with Crippen LogP contribution in [0.4, 0.5) is 4.79 Å². The second-order valence-electron chi connectivity index (χ2n) is 4.59. The van der Waals surface area contributed by atoms with Crippen molar-refractivity contribution in [1.82, 2.24) is 5.32 Å². The van der Waals surface area contributed by atoms with Gasteiger partial charge in [0.25, 0.3) is 0 Å². The van der Waals surface area contributed by atoms with Crippen molar-refractivity contribution in [1.29, 1.82) is 0 Å². The number of aliphatic hydroxyl groups is 4. The predicted octanol–water partition coefficient (Wildman–Crippen LogP) is -2.53. The van der Waals surface area contributed by atoms with Gasteiger partial charge in [-0.3, -0.25) is 0 Å². The lowest BCUT2D eigenvalue weighted by Crippen LogP contribution is -2.53. The number of amides is 1. The third kappa shape index (κ3) is 7.70. The standard InChI is InChI=1S/C13H21NO9/c1-7(2)12(20)22-3-4-23-13(21)14-8(5-15)10(18)11(19)9(17)6-16/h5,8-11,16-19H,1,3-4,6H2,2H3,(H,14,21)/t8-,9+,10+,11+/m0/s1. The molecule has 0 aliphatic rings. The molecule has 10 heteroatoms. The normalized spacial score (nSPS) is 15.7. The molecule has 0 saturated carbocycles. The molecule has 0 aromatic rings. The summed E-state index contributed by atoms with van der Waals surface area (Å²) >= 11 is 0. The first-order valence-electron chi connectivity index (χ1n) is 6.60. The zero-order chi connectivity index (χ0) is 18.0. The molecule has 0 spiro atoms. The molecular formula is C13H21NO9. The maximum atomic E-state index is 11.4. The summed E-state index contributed by atoms with van der Waals surface area (Å²) in [4.78, 5) is 33.3. The summed E-state index contributed by atoms with van der Waals surface area (Å²) in [6.45, 7) is 3.40. The summed E-state index contributed by atoms with van der Waals surface area (Å²) in [5.74, 6) is -0.656. The molecule has 1 amide bonds. The molecule has 0 aromatic carbocycles. The van der Waals surface area contributed by atoms with Gasteiger partial charge in [0.05, 0.1) is 6.61 Å². The fraction of sp³-hybridized carbons (Fsp3) is 0.615. The molecular weight excluding hydrogens is 314 g/mol. The Morgan fingerprint density at radius 3 is 2.22 bits per heavy atom. The Hall–Kier alpha value is -2.01. The summed E-state index contributed by atoms with van der Waals surface area (Å²) in [5.41, 5.74) is 0.176. The van der Waals surface area contributed by atoms with Gasteiger partial charge in [0, 0.05) is 5.57 Å². The van der Waals surface area contributed by atoms with Crippen molar-refractivity contribution in [3.63, 3.8) is 0 Å². The quantitative estimate of drug-likeness (QED) is 0.125. The van der Waals surface area contributed by atoms with Crippen LogP contribution in [0.1, 0.15) is 6.92 Å². The first-order chi connectivity index (χ1) is 10.7. The van der Waals surface area contributed by atoms with E-state index in [-0.39, 0.29) is 25.1 Å². The number of aliphatic hydroxyl groups excluding tert-OH is 4. The molecule has 0 aromatic heterocycles. The molecule has 0 radical (unpaired) electrons. The number of esters is 1. The van der Waals surface area contributed by atoms with Gasteiger partial charge >= 0.3 is 12.1 Å². The Morgan fingerprint density at radius 2 is 1.74 bits per heavy atom. The summed E-state index contributed by atoms with van der Waals surface area (Å²) < 4.78 is 9.25. The first-order valence-corrected chi connectivity index (χ1v) is 6.60. The molecule has 10 nitrogen and oxygen atoms in total. The average Bonchev–Trinajstić information content (AvgIpc) is 2.53. The highest BCUT2D eigenvalue weighted by Crippen LogP contribution is 2.04. The third-order valence-electron chi connectivity index (χ3n) is 2.63. The van der Waals surface area contributed by atoms with E-state index in [0.717, 1.165) is 0 Å². The number of alkyl carbamates (subject to hydrolysis) is 1. The van der Waals surface area contributed by atoms with Crippen molar-refractivity contribution >= 4 is 18.3 Å². The van der Waals surface area contributed by atoms with E-state index in [1.165, 1.54) is 6.92 Å². The molecule has 5 N–H and O–H groups in total. The van der Waals surface area contributed by atoms with Crippen molar-refractivity contribution in [3.8, 4) is 0 Å². The lowest BCUT2D eigenvalue weighted by Gasteiger charge is -2.25. The molecule has 0 unspecified atom stereocenters. The van der Waals surface area contributed by atoms with E-state index in [0.29, 0.717) is 0 Å². The Labute approximate surface area is 132 Å². The monoisotopic (exact) mass is 335 g/mol. The van der Waals surface area contributed by atoms with E-state index in [2.05, 4.69) is 16.1 Å². The van der Waals surface area contributed by atoms with Gasteiger partial charge in [-0.2, -0.15) is 0 Å². The number of rotatable bonds is 10. The van der Waals surface area contributed by atoms with Crippen molar-refractivity contribution in [2.24, 2.45) is 0 Å². The minimum absolute atomic E-state index is 0.125. The van der Waals surface area contributed by atoms with Gasteiger partial charge < -0.3 is 40.0 Å². The Kier molecular flexibility index (Phi) is 9.74. The highest BCUT2D eigenvalue weighted by atomic mass is 16.6. The number of hydrogen-bond acceptors (Lipinski definition) is 9. The molecule has 0 bridgehead atoms. The van der Waals surface area contributed by atoms with E-state index in [4.69, 9.17) is 5.11 Å². The van der Waals surface area contributed by atoms with E-state index in [1.54, 1.807) is 0 Å². The highest BCUT2D eigenvalue weighted by molar-refractivity contribution is 5.86.